The number of rotatable bonds is 6. The number of nitrogens with zero attached hydrogens (tertiary/aromatic N) is 1. The van der Waals surface area contributed by atoms with Gasteiger partial charge in [0.05, 0.1) is 32.2 Å². The first-order chi connectivity index (χ1) is 13.4. The molecule has 1 heterocycles. The Morgan fingerprint density at radius 1 is 1.11 bits per heavy atom. The van der Waals surface area contributed by atoms with Gasteiger partial charge >= 0.3 is 0 Å². The van der Waals surface area contributed by atoms with Gasteiger partial charge in [0.2, 0.25) is 0 Å². The Kier molecular flexibility index (Phi) is 6.70. The van der Waals surface area contributed by atoms with E-state index >= 15 is 0 Å². The molecule has 0 aromatic heterocycles. The van der Waals surface area contributed by atoms with Gasteiger partial charge in [0, 0.05) is 16.3 Å². The largest absolute Gasteiger partial charge is 0.360 e. The Bertz CT molecular complexity index is 830. The predicted molar refractivity (Wildman–Crippen MR) is 112 cm³/mol. The number of Topliss-reactive ketones (excluding diaryl/α,β-unsaturated/α-hetero) is 1. The van der Waals surface area contributed by atoms with Crippen molar-refractivity contribution in [1.82, 2.24) is 5.32 Å². The highest BCUT2D eigenvalue weighted by Gasteiger charge is 2.23. The fourth-order valence-electron chi connectivity index (χ4n) is 3.59. The Morgan fingerprint density at radius 2 is 1.75 bits per heavy atom. The van der Waals surface area contributed by atoms with Crippen LogP contribution in [-0.2, 0) is 4.79 Å². The molecule has 1 atom stereocenters. The highest BCUT2D eigenvalue weighted by atomic mass is 35.5. The van der Waals surface area contributed by atoms with Crippen molar-refractivity contribution >= 4 is 29.0 Å². The lowest BCUT2D eigenvalue weighted by molar-refractivity contribution is -0.892. The van der Waals surface area contributed by atoms with Crippen molar-refractivity contribution < 1.29 is 14.5 Å². The number of ketones is 1. The Balaban J connectivity index is 1.48. The number of nitrogens with one attached hydrogen (secondary N) is 2. The Labute approximate surface area is 171 Å². The molecule has 148 valence electrons. The van der Waals surface area contributed by atoms with Gasteiger partial charge in [-0.2, -0.15) is 0 Å². The van der Waals surface area contributed by atoms with E-state index in [0.29, 0.717) is 11.6 Å². The minimum atomic E-state index is -0.110. The molecule has 3 rings (SSSR count). The summed E-state index contributed by atoms with van der Waals surface area (Å²) in [5, 5.41) is 3.73. The topological polar surface area (TPSA) is 53.9 Å². The summed E-state index contributed by atoms with van der Waals surface area (Å²) in [4.78, 5) is 27.4. The second-order valence-corrected chi connectivity index (χ2v) is 7.73. The van der Waals surface area contributed by atoms with Crippen LogP contribution in [0.2, 0.25) is 5.02 Å². The molecule has 1 fully saturated rings. The molecule has 1 aliphatic rings. The van der Waals surface area contributed by atoms with E-state index in [9.17, 15) is 9.59 Å². The SMILES string of the molecule is CC(=O)c1ccc(N2CC[NH+](CC(=O)N[C@H](C)c3ccccc3Cl)CC2)cc1. The van der Waals surface area contributed by atoms with Crippen LogP contribution >= 0.6 is 11.6 Å². The van der Waals surface area contributed by atoms with Crippen molar-refractivity contribution in [3.8, 4) is 0 Å². The Morgan fingerprint density at radius 3 is 2.36 bits per heavy atom. The van der Waals surface area contributed by atoms with Crippen LogP contribution in [0.3, 0.4) is 0 Å². The molecule has 0 spiro atoms. The molecule has 0 saturated carbocycles. The molecular weight excluding hydrogens is 374 g/mol. The van der Waals surface area contributed by atoms with E-state index in [0.717, 1.165) is 43.0 Å². The second kappa shape index (κ2) is 9.22. The maximum Gasteiger partial charge on any atom is 0.275 e. The van der Waals surface area contributed by atoms with Crippen molar-refractivity contribution in [2.45, 2.75) is 19.9 Å². The van der Waals surface area contributed by atoms with Crippen molar-refractivity contribution in [2.24, 2.45) is 0 Å². The standard InChI is InChI=1S/C22H26ClN3O2/c1-16(20-5-3-4-6-21(20)23)24-22(28)15-25-11-13-26(14-12-25)19-9-7-18(8-10-19)17(2)27/h3-10,16H,11-15H2,1-2H3,(H,24,28)/p+1/t16-/m1/s1. The molecular formula is C22H27ClN3O2+. The molecule has 1 aliphatic heterocycles. The lowest BCUT2D eigenvalue weighted by Crippen LogP contribution is -3.15. The number of hydrogen-bond acceptors (Lipinski definition) is 3. The van der Waals surface area contributed by atoms with E-state index in [-0.39, 0.29) is 17.7 Å². The van der Waals surface area contributed by atoms with Crippen molar-refractivity contribution in [2.75, 3.05) is 37.6 Å². The van der Waals surface area contributed by atoms with Crippen LogP contribution in [0.4, 0.5) is 5.69 Å². The normalized spacial score (nSPS) is 15.9. The Hall–Kier alpha value is -2.37. The highest BCUT2D eigenvalue weighted by Crippen LogP contribution is 2.21. The van der Waals surface area contributed by atoms with Gasteiger partial charge < -0.3 is 15.1 Å². The maximum atomic E-state index is 12.4. The molecule has 28 heavy (non-hydrogen) atoms. The minimum Gasteiger partial charge on any atom is -0.360 e. The minimum absolute atomic E-state index is 0.0432. The molecule has 0 bridgehead atoms. The monoisotopic (exact) mass is 400 g/mol. The molecule has 0 aliphatic carbocycles. The predicted octanol–water partition coefficient (Wildman–Crippen LogP) is 2.12. The van der Waals surface area contributed by atoms with E-state index < -0.39 is 0 Å². The average Bonchev–Trinajstić information content (AvgIpc) is 2.69. The number of hydrogen-bond donors (Lipinski definition) is 2. The number of carbonyl (C=O) groups excluding carboxylic acids is 2. The van der Waals surface area contributed by atoms with Gasteiger partial charge in [0.15, 0.2) is 12.3 Å². The van der Waals surface area contributed by atoms with Gasteiger partial charge in [0.25, 0.3) is 5.91 Å². The second-order valence-electron chi connectivity index (χ2n) is 7.33. The van der Waals surface area contributed by atoms with E-state index in [4.69, 9.17) is 11.6 Å². The fraction of sp³-hybridized carbons (Fsp3) is 0.364. The molecule has 2 aromatic carbocycles. The average molecular weight is 401 g/mol. The molecule has 2 aromatic rings. The van der Waals surface area contributed by atoms with E-state index in [2.05, 4.69) is 10.2 Å². The smallest absolute Gasteiger partial charge is 0.275 e. The quantitative estimate of drug-likeness (QED) is 0.730. The molecule has 6 heteroatoms. The lowest BCUT2D eigenvalue weighted by Gasteiger charge is -2.33. The van der Waals surface area contributed by atoms with Gasteiger partial charge in [-0.25, -0.2) is 0 Å². The zero-order valence-electron chi connectivity index (χ0n) is 16.4. The summed E-state index contributed by atoms with van der Waals surface area (Å²) >= 11 is 6.22. The number of piperazine rings is 1. The lowest BCUT2D eigenvalue weighted by atomic mass is 10.1. The van der Waals surface area contributed by atoms with Gasteiger partial charge in [-0.1, -0.05) is 29.8 Å². The van der Waals surface area contributed by atoms with Crippen LogP contribution in [0.15, 0.2) is 48.5 Å². The number of carbonyl (C=O) groups is 2. The van der Waals surface area contributed by atoms with Crippen LogP contribution in [0.5, 0.6) is 0 Å². The molecule has 5 nitrogen and oxygen atoms in total. The van der Waals surface area contributed by atoms with Gasteiger partial charge in [0.1, 0.15) is 0 Å². The summed E-state index contributed by atoms with van der Waals surface area (Å²) in [6.07, 6.45) is 0. The molecule has 0 radical (unpaired) electrons. The van der Waals surface area contributed by atoms with E-state index in [1.54, 1.807) is 6.92 Å². The summed E-state index contributed by atoms with van der Waals surface area (Å²) in [5.74, 6) is 0.125. The molecule has 2 N–H and O–H groups in total. The first-order valence-corrected chi connectivity index (χ1v) is 10.0. The van der Waals surface area contributed by atoms with Crippen LogP contribution in [-0.4, -0.2) is 44.4 Å². The maximum absolute atomic E-state index is 12.4. The molecule has 1 amide bonds. The van der Waals surface area contributed by atoms with Gasteiger partial charge in [-0.3, -0.25) is 9.59 Å². The summed E-state index contributed by atoms with van der Waals surface area (Å²) in [5.41, 5.74) is 2.80. The summed E-state index contributed by atoms with van der Waals surface area (Å²) in [6, 6.07) is 15.2. The van der Waals surface area contributed by atoms with Crippen molar-refractivity contribution in [3.05, 3.63) is 64.7 Å². The fourth-order valence-corrected chi connectivity index (χ4v) is 3.89. The van der Waals surface area contributed by atoms with Crippen LogP contribution in [0, 0.1) is 0 Å². The van der Waals surface area contributed by atoms with Gasteiger partial charge in [-0.05, 0) is 49.7 Å². The van der Waals surface area contributed by atoms with Crippen LogP contribution in [0.25, 0.3) is 0 Å². The summed E-state index contributed by atoms with van der Waals surface area (Å²) in [7, 11) is 0. The molecule has 1 saturated heterocycles. The van der Waals surface area contributed by atoms with Crippen molar-refractivity contribution in [3.63, 3.8) is 0 Å². The molecule has 0 unspecified atom stereocenters. The number of amides is 1. The summed E-state index contributed by atoms with van der Waals surface area (Å²) < 4.78 is 0. The number of halogens is 1. The highest BCUT2D eigenvalue weighted by molar-refractivity contribution is 6.31. The van der Waals surface area contributed by atoms with E-state index in [1.807, 2.05) is 55.5 Å². The van der Waals surface area contributed by atoms with Crippen LogP contribution in [0.1, 0.15) is 35.8 Å². The zero-order chi connectivity index (χ0) is 20.1. The third kappa shape index (κ3) is 5.12. The number of quaternary nitrogens is 1. The van der Waals surface area contributed by atoms with Gasteiger partial charge in [-0.15, -0.1) is 0 Å². The third-order valence-corrected chi connectivity index (χ3v) is 5.61. The van der Waals surface area contributed by atoms with E-state index in [1.165, 1.54) is 4.90 Å². The van der Waals surface area contributed by atoms with Crippen molar-refractivity contribution in [1.29, 1.82) is 0 Å². The number of benzene rings is 2. The summed E-state index contributed by atoms with van der Waals surface area (Å²) in [6.45, 7) is 7.59. The first kappa shape index (κ1) is 20.4. The van der Waals surface area contributed by atoms with Crippen LogP contribution < -0.4 is 15.1 Å². The zero-order valence-corrected chi connectivity index (χ0v) is 17.1. The number of anilines is 1. The third-order valence-electron chi connectivity index (χ3n) is 5.27. The first-order valence-electron chi connectivity index (χ1n) is 9.67.